The van der Waals surface area contributed by atoms with Gasteiger partial charge in [-0.2, -0.15) is 0 Å². The van der Waals surface area contributed by atoms with E-state index in [4.69, 9.17) is 16.3 Å². The lowest BCUT2D eigenvalue weighted by atomic mass is 10.2. The van der Waals surface area contributed by atoms with Crippen molar-refractivity contribution in [2.24, 2.45) is 0 Å². The molecule has 1 nitrogen and oxygen atoms in total. The fourth-order valence-corrected chi connectivity index (χ4v) is 1.44. The van der Waals surface area contributed by atoms with Crippen molar-refractivity contribution in [3.8, 4) is 11.5 Å². The lowest BCUT2D eigenvalue weighted by molar-refractivity contribution is 0.483. The van der Waals surface area contributed by atoms with Crippen molar-refractivity contribution in [1.29, 1.82) is 0 Å². The van der Waals surface area contributed by atoms with Crippen molar-refractivity contribution >= 4 is 11.6 Å². The molecule has 2 aromatic carbocycles. The van der Waals surface area contributed by atoms with Gasteiger partial charge in [0.05, 0.1) is 5.02 Å². The molecule has 0 aliphatic heterocycles. The molecule has 19 heavy (non-hydrogen) atoms. The highest BCUT2D eigenvalue weighted by Gasteiger charge is 2.00. The lowest BCUT2D eigenvalue weighted by Crippen LogP contribution is -1.84. The number of hydrogen-bond donors (Lipinski definition) is 0. The van der Waals surface area contributed by atoms with Crippen LogP contribution in [0.5, 0.6) is 11.5 Å². The maximum absolute atomic E-state index is 5.98. The summed E-state index contributed by atoms with van der Waals surface area (Å²) in [6.45, 7) is 10.0. The Morgan fingerprint density at radius 2 is 1.32 bits per heavy atom. The molecule has 0 N–H and O–H groups in total. The molecule has 2 heteroatoms. The number of rotatable bonds is 2. The molecule has 0 radical (unpaired) electrons. The van der Waals surface area contributed by atoms with Gasteiger partial charge in [0.15, 0.2) is 0 Å². The van der Waals surface area contributed by atoms with Gasteiger partial charge in [0.1, 0.15) is 11.5 Å². The van der Waals surface area contributed by atoms with Crippen LogP contribution in [0.25, 0.3) is 0 Å². The standard InChI is InChI=1S/C13H11ClO.2C2H6/c1-10-6-8-11(9-7-10)15-13-5-3-2-4-12(13)14;2*1-2/h2-9H,1H3;2*1-2H3. The van der Waals surface area contributed by atoms with Crippen LogP contribution in [0.3, 0.4) is 0 Å². The maximum atomic E-state index is 5.98. The van der Waals surface area contributed by atoms with E-state index in [-0.39, 0.29) is 0 Å². The van der Waals surface area contributed by atoms with E-state index in [1.54, 1.807) is 0 Å². The second-order valence-corrected chi connectivity index (χ2v) is 3.75. The summed E-state index contributed by atoms with van der Waals surface area (Å²) in [4.78, 5) is 0. The average molecular weight is 279 g/mol. The minimum atomic E-state index is 0.623. The topological polar surface area (TPSA) is 9.23 Å². The summed E-state index contributed by atoms with van der Waals surface area (Å²) in [6.07, 6.45) is 0. The quantitative estimate of drug-likeness (QED) is 0.610. The van der Waals surface area contributed by atoms with Crippen LogP contribution in [0.1, 0.15) is 33.3 Å². The van der Waals surface area contributed by atoms with Crippen LogP contribution in [-0.2, 0) is 0 Å². The Morgan fingerprint density at radius 1 is 0.789 bits per heavy atom. The molecule has 0 fully saturated rings. The number of ether oxygens (including phenoxy) is 1. The molecule has 2 aromatic rings. The van der Waals surface area contributed by atoms with Crippen molar-refractivity contribution in [3.05, 3.63) is 59.1 Å². The van der Waals surface area contributed by atoms with Crippen molar-refractivity contribution in [1.82, 2.24) is 0 Å². The molecule has 0 saturated heterocycles. The summed E-state index contributed by atoms with van der Waals surface area (Å²) < 4.78 is 5.63. The summed E-state index contributed by atoms with van der Waals surface area (Å²) in [5.74, 6) is 1.48. The Morgan fingerprint density at radius 3 is 1.84 bits per heavy atom. The van der Waals surface area contributed by atoms with E-state index in [2.05, 4.69) is 0 Å². The predicted molar refractivity (Wildman–Crippen MR) is 85.4 cm³/mol. The van der Waals surface area contributed by atoms with Crippen LogP contribution in [0, 0.1) is 6.92 Å². The Hall–Kier alpha value is -1.47. The first-order chi connectivity index (χ1) is 9.25. The lowest BCUT2D eigenvalue weighted by Gasteiger charge is -2.06. The van der Waals surface area contributed by atoms with E-state index in [1.165, 1.54) is 5.56 Å². The Labute approximate surface area is 122 Å². The first-order valence-corrected chi connectivity index (χ1v) is 7.12. The van der Waals surface area contributed by atoms with Gasteiger partial charge in [0.25, 0.3) is 0 Å². The molecule has 0 aliphatic carbocycles. The molecule has 0 aliphatic rings. The summed E-state index contributed by atoms with van der Waals surface area (Å²) in [6, 6.07) is 15.3. The van der Waals surface area contributed by atoms with Crippen LogP contribution >= 0.6 is 11.6 Å². The third-order valence-corrected chi connectivity index (χ3v) is 2.40. The molecular formula is C17H23ClO. The van der Waals surface area contributed by atoms with Crippen molar-refractivity contribution in [2.45, 2.75) is 34.6 Å². The zero-order valence-corrected chi connectivity index (χ0v) is 13.2. The molecule has 0 bridgehead atoms. The highest BCUT2D eigenvalue weighted by Crippen LogP contribution is 2.28. The van der Waals surface area contributed by atoms with Gasteiger partial charge < -0.3 is 4.74 Å². The SMILES string of the molecule is CC.CC.Cc1ccc(Oc2ccccc2Cl)cc1. The van der Waals surface area contributed by atoms with E-state index < -0.39 is 0 Å². The normalized spacial score (nSPS) is 8.53. The smallest absolute Gasteiger partial charge is 0.146 e. The second-order valence-electron chi connectivity index (χ2n) is 3.35. The third-order valence-electron chi connectivity index (χ3n) is 2.09. The van der Waals surface area contributed by atoms with Gasteiger partial charge in [0, 0.05) is 0 Å². The zero-order valence-electron chi connectivity index (χ0n) is 12.4. The van der Waals surface area contributed by atoms with Gasteiger partial charge in [0.2, 0.25) is 0 Å². The molecule has 0 aromatic heterocycles. The van der Waals surface area contributed by atoms with Crippen molar-refractivity contribution in [3.63, 3.8) is 0 Å². The van der Waals surface area contributed by atoms with Crippen LogP contribution in [0.4, 0.5) is 0 Å². The van der Waals surface area contributed by atoms with Gasteiger partial charge in [-0.25, -0.2) is 0 Å². The van der Waals surface area contributed by atoms with E-state index >= 15 is 0 Å². The first-order valence-electron chi connectivity index (χ1n) is 6.75. The van der Waals surface area contributed by atoms with Gasteiger partial charge in [-0.05, 0) is 31.2 Å². The van der Waals surface area contributed by atoms with Gasteiger partial charge in [-0.15, -0.1) is 0 Å². The van der Waals surface area contributed by atoms with Crippen LogP contribution in [-0.4, -0.2) is 0 Å². The number of halogens is 1. The molecular weight excluding hydrogens is 256 g/mol. The van der Waals surface area contributed by atoms with Crippen LogP contribution < -0.4 is 4.74 Å². The van der Waals surface area contributed by atoms with E-state index in [1.807, 2.05) is 83.1 Å². The predicted octanol–water partition coefficient (Wildman–Crippen LogP) is 6.49. The van der Waals surface area contributed by atoms with E-state index in [0.717, 1.165) is 5.75 Å². The van der Waals surface area contributed by atoms with Gasteiger partial charge in [-0.3, -0.25) is 0 Å². The molecule has 2 rings (SSSR count). The summed E-state index contributed by atoms with van der Waals surface area (Å²) >= 11 is 5.98. The van der Waals surface area contributed by atoms with Crippen LogP contribution in [0.15, 0.2) is 48.5 Å². The van der Waals surface area contributed by atoms with Crippen molar-refractivity contribution < 1.29 is 4.74 Å². The molecule has 0 spiro atoms. The number of para-hydroxylation sites is 1. The third kappa shape index (κ3) is 6.30. The summed E-state index contributed by atoms with van der Waals surface area (Å²) in [5.41, 5.74) is 1.21. The average Bonchev–Trinajstić information content (AvgIpc) is 2.48. The number of aryl methyl sites for hydroxylation is 1. The Kier molecular flexibility index (Phi) is 9.64. The minimum absolute atomic E-state index is 0.623. The molecule has 0 atom stereocenters. The molecule has 0 saturated carbocycles. The minimum Gasteiger partial charge on any atom is -0.456 e. The Bertz CT molecular complexity index is 449. The highest BCUT2D eigenvalue weighted by atomic mass is 35.5. The summed E-state index contributed by atoms with van der Waals surface area (Å²) in [5, 5.41) is 0.623. The first kappa shape index (κ1) is 17.5. The molecule has 0 heterocycles. The van der Waals surface area contributed by atoms with Crippen molar-refractivity contribution in [2.75, 3.05) is 0 Å². The highest BCUT2D eigenvalue weighted by molar-refractivity contribution is 6.32. The second kappa shape index (κ2) is 10.5. The summed E-state index contributed by atoms with van der Waals surface area (Å²) in [7, 11) is 0. The zero-order chi connectivity index (χ0) is 14.7. The largest absolute Gasteiger partial charge is 0.456 e. The maximum Gasteiger partial charge on any atom is 0.146 e. The number of hydrogen-bond acceptors (Lipinski definition) is 1. The van der Waals surface area contributed by atoms with E-state index in [0.29, 0.717) is 10.8 Å². The van der Waals surface area contributed by atoms with E-state index in [9.17, 15) is 0 Å². The molecule has 0 amide bonds. The van der Waals surface area contributed by atoms with Gasteiger partial charge >= 0.3 is 0 Å². The van der Waals surface area contributed by atoms with Crippen LogP contribution in [0.2, 0.25) is 5.02 Å². The monoisotopic (exact) mass is 278 g/mol. The van der Waals surface area contributed by atoms with Gasteiger partial charge in [-0.1, -0.05) is 69.1 Å². The Balaban J connectivity index is 0.000000741. The fraction of sp³-hybridized carbons (Fsp3) is 0.294. The fourth-order valence-electron chi connectivity index (χ4n) is 1.26. The molecule has 104 valence electrons. The number of benzene rings is 2. The molecule has 0 unspecified atom stereocenters.